The Kier molecular flexibility index (Phi) is 10.3. The highest BCUT2D eigenvalue weighted by atomic mass is 16.8. The van der Waals surface area contributed by atoms with Gasteiger partial charge in [-0.15, -0.1) is 0 Å². The number of phenolic OH excluding ortho intramolecular Hbond substituents is 1. The number of aliphatic carboxylic acids is 1. The number of carbonyl (C=O) groups is 2. The SMILES string of the molecule is CC(C)[C@H](N)C(=O)O.COc1cc([C@@H]2c3cc4c(cc3C(O[C@@H]3O[C@@H]5CO[C@@H](C)O[C@H]5[C@H](O)[C@H]3O)C3COC(=O)[C@@H]32)OCO4)cc(OC)c1O. The third-order valence-corrected chi connectivity index (χ3v) is 9.75. The van der Waals surface area contributed by atoms with Crippen molar-refractivity contribution in [3.8, 4) is 28.7 Å². The number of cyclic esters (lactones) is 1. The first-order chi connectivity index (χ1) is 23.8. The summed E-state index contributed by atoms with van der Waals surface area (Å²) in [6.07, 6.45) is -6.80. The molecule has 1 aliphatic carbocycles. The van der Waals surface area contributed by atoms with Gasteiger partial charge in [0.2, 0.25) is 12.5 Å². The minimum Gasteiger partial charge on any atom is -0.502 e. The topological polar surface area (TPSA) is 224 Å². The molecule has 2 unspecified atom stereocenters. The van der Waals surface area contributed by atoms with Crippen LogP contribution in [-0.2, 0) is 33.3 Å². The molecular formula is C34H43NO15. The number of ether oxygens (including phenoxy) is 9. The van der Waals surface area contributed by atoms with Crippen molar-refractivity contribution < 1.29 is 72.6 Å². The minimum absolute atomic E-state index is 0.0208. The summed E-state index contributed by atoms with van der Waals surface area (Å²) < 4.78 is 51.5. The lowest BCUT2D eigenvalue weighted by molar-refractivity contribution is -0.364. The van der Waals surface area contributed by atoms with Crippen molar-refractivity contribution in [3.05, 3.63) is 41.0 Å². The fraction of sp³-hybridized carbons (Fsp3) is 0.588. The Labute approximate surface area is 287 Å². The van der Waals surface area contributed by atoms with Crippen LogP contribution in [0.5, 0.6) is 28.7 Å². The van der Waals surface area contributed by atoms with E-state index in [1.165, 1.54) is 14.2 Å². The van der Waals surface area contributed by atoms with Crippen molar-refractivity contribution in [2.24, 2.45) is 23.5 Å². The Hall–Kier alpha value is -3.90. The van der Waals surface area contributed by atoms with Gasteiger partial charge in [0.05, 0.1) is 39.5 Å². The largest absolute Gasteiger partial charge is 0.502 e. The summed E-state index contributed by atoms with van der Waals surface area (Å²) in [7, 11) is 2.86. The van der Waals surface area contributed by atoms with Crippen molar-refractivity contribution in [2.75, 3.05) is 34.2 Å². The van der Waals surface area contributed by atoms with Crippen LogP contribution in [0.2, 0.25) is 0 Å². The lowest BCUT2D eigenvalue weighted by Crippen LogP contribution is -2.63. The van der Waals surface area contributed by atoms with Crippen molar-refractivity contribution in [3.63, 3.8) is 0 Å². The summed E-state index contributed by atoms with van der Waals surface area (Å²) in [6, 6.07) is 6.21. The number of phenols is 1. The molecule has 4 heterocycles. The Bertz CT molecular complexity index is 1560. The van der Waals surface area contributed by atoms with Crippen LogP contribution < -0.4 is 24.7 Å². The molecule has 2 aromatic carbocycles. The van der Waals surface area contributed by atoms with Gasteiger partial charge in [-0.1, -0.05) is 13.8 Å². The second-order valence-corrected chi connectivity index (χ2v) is 13.1. The highest BCUT2D eigenvalue weighted by Crippen LogP contribution is 2.57. The maximum absolute atomic E-state index is 13.4. The van der Waals surface area contributed by atoms with Crippen molar-refractivity contribution in [1.29, 1.82) is 0 Å². The van der Waals surface area contributed by atoms with E-state index >= 15 is 0 Å². The molecule has 11 atom stereocenters. The minimum atomic E-state index is -1.44. The van der Waals surface area contributed by atoms with Crippen LogP contribution in [0.25, 0.3) is 0 Å². The number of aliphatic hydroxyl groups is 2. The van der Waals surface area contributed by atoms with E-state index in [4.69, 9.17) is 53.5 Å². The zero-order valence-electron chi connectivity index (χ0n) is 28.2. The number of hydrogen-bond donors (Lipinski definition) is 5. The van der Waals surface area contributed by atoms with Crippen LogP contribution in [0.1, 0.15) is 49.5 Å². The number of benzene rings is 2. The number of nitrogens with two attached hydrogens (primary N) is 1. The van der Waals surface area contributed by atoms with Crippen molar-refractivity contribution in [2.45, 2.75) is 75.8 Å². The normalized spacial score (nSPS) is 32.9. The predicted molar refractivity (Wildman–Crippen MR) is 169 cm³/mol. The van der Waals surface area contributed by atoms with Gasteiger partial charge in [-0.05, 0) is 53.8 Å². The van der Waals surface area contributed by atoms with Gasteiger partial charge >= 0.3 is 11.9 Å². The zero-order valence-corrected chi connectivity index (χ0v) is 28.2. The van der Waals surface area contributed by atoms with Crippen LogP contribution in [0.4, 0.5) is 0 Å². The quantitative estimate of drug-likeness (QED) is 0.257. The maximum Gasteiger partial charge on any atom is 0.320 e. The van der Waals surface area contributed by atoms with Gasteiger partial charge < -0.3 is 68.8 Å². The highest BCUT2D eigenvalue weighted by Gasteiger charge is 2.56. The number of rotatable bonds is 7. The van der Waals surface area contributed by atoms with E-state index < -0.39 is 78.8 Å². The summed E-state index contributed by atoms with van der Waals surface area (Å²) in [5.74, 6) is -1.93. The summed E-state index contributed by atoms with van der Waals surface area (Å²) in [5, 5.41) is 40.7. The second kappa shape index (κ2) is 14.4. The molecule has 7 rings (SSSR count). The number of hydrogen-bond acceptors (Lipinski definition) is 15. The van der Waals surface area contributed by atoms with E-state index in [2.05, 4.69) is 0 Å². The van der Waals surface area contributed by atoms with E-state index in [0.717, 1.165) is 0 Å². The molecule has 0 aromatic heterocycles. The average molecular weight is 706 g/mol. The first-order valence-corrected chi connectivity index (χ1v) is 16.3. The molecule has 16 heteroatoms. The number of aromatic hydroxyl groups is 1. The lowest BCUT2D eigenvalue weighted by atomic mass is 9.66. The molecule has 2 aromatic rings. The number of methoxy groups -OCH3 is 2. The second-order valence-electron chi connectivity index (χ2n) is 13.1. The Morgan fingerprint density at radius 3 is 2.16 bits per heavy atom. The molecule has 0 saturated carbocycles. The molecule has 0 spiro atoms. The van der Waals surface area contributed by atoms with Gasteiger partial charge in [0.25, 0.3) is 0 Å². The molecule has 3 fully saturated rings. The summed E-state index contributed by atoms with van der Waals surface area (Å²) >= 11 is 0. The maximum atomic E-state index is 13.4. The van der Waals surface area contributed by atoms with Crippen molar-refractivity contribution in [1.82, 2.24) is 0 Å². The fourth-order valence-electron chi connectivity index (χ4n) is 7.02. The third-order valence-electron chi connectivity index (χ3n) is 9.75. The first kappa shape index (κ1) is 35.9. The molecule has 274 valence electrons. The van der Waals surface area contributed by atoms with Crippen LogP contribution in [0.15, 0.2) is 24.3 Å². The Morgan fingerprint density at radius 1 is 0.940 bits per heavy atom. The van der Waals surface area contributed by atoms with Crippen LogP contribution in [0, 0.1) is 17.8 Å². The summed E-state index contributed by atoms with van der Waals surface area (Å²) in [4.78, 5) is 23.4. The third kappa shape index (κ3) is 6.52. The smallest absolute Gasteiger partial charge is 0.320 e. The fourth-order valence-corrected chi connectivity index (χ4v) is 7.02. The van der Waals surface area contributed by atoms with Crippen LogP contribution in [-0.4, -0.2) is 110 Å². The standard InChI is InChI=1S/C29H32O13.C5H11NO2/c1-11-36-9-20-27(40-11)24(31)25(32)29(41-20)42-26-14-7-17-16(38-10-39-17)6-13(14)21(22-15(26)8-37-28(22)33)12-4-18(34-2)23(30)19(5-12)35-3;1-3(2)4(6)5(7)8/h4-7,11,15,20-22,24-27,29-32H,8-10H2,1-3H3;3-4H,6H2,1-2H3,(H,7,8)/t11-,15?,20-,21-,22+,24-,25-,26?,27-,29+;4-/m10/s1. The van der Waals surface area contributed by atoms with Gasteiger partial charge in [0.15, 0.2) is 35.6 Å². The number of aliphatic hydroxyl groups excluding tert-OH is 2. The first-order valence-electron chi connectivity index (χ1n) is 16.3. The van der Waals surface area contributed by atoms with Gasteiger partial charge in [-0.3, -0.25) is 9.59 Å². The van der Waals surface area contributed by atoms with Gasteiger partial charge in [-0.2, -0.15) is 0 Å². The predicted octanol–water partition coefficient (Wildman–Crippen LogP) is 1.39. The zero-order chi connectivity index (χ0) is 36.0. The van der Waals surface area contributed by atoms with Gasteiger partial charge in [0.1, 0.15) is 30.5 Å². The molecule has 6 N–H and O–H groups in total. The molecule has 50 heavy (non-hydrogen) atoms. The Balaban J connectivity index is 0.000000485. The molecule has 16 nitrogen and oxygen atoms in total. The highest BCUT2D eigenvalue weighted by molar-refractivity contribution is 5.79. The Morgan fingerprint density at radius 2 is 1.58 bits per heavy atom. The number of fused-ring (bicyclic) bond motifs is 4. The van der Waals surface area contributed by atoms with Crippen LogP contribution in [0.3, 0.4) is 0 Å². The molecule has 0 bridgehead atoms. The van der Waals surface area contributed by atoms with E-state index in [1.807, 2.05) is 0 Å². The summed E-state index contributed by atoms with van der Waals surface area (Å²) in [5.41, 5.74) is 7.17. The molecule has 4 aliphatic heterocycles. The monoisotopic (exact) mass is 705 g/mol. The van der Waals surface area contributed by atoms with E-state index in [0.29, 0.717) is 28.2 Å². The molecule has 0 amide bonds. The molecule has 0 radical (unpaired) electrons. The van der Waals surface area contributed by atoms with Gasteiger partial charge in [-0.25, -0.2) is 0 Å². The molecule has 5 aliphatic rings. The van der Waals surface area contributed by atoms with E-state index in [9.17, 15) is 24.9 Å². The average Bonchev–Trinajstić information content (AvgIpc) is 3.72. The van der Waals surface area contributed by atoms with Crippen LogP contribution >= 0.6 is 0 Å². The van der Waals surface area contributed by atoms with Crippen molar-refractivity contribution >= 4 is 11.9 Å². The van der Waals surface area contributed by atoms with E-state index in [-0.39, 0.29) is 43.2 Å². The number of carbonyl (C=O) groups excluding carboxylic acids is 1. The number of carboxylic acid groups (broad SMARTS) is 1. The van der Waals surface area contributed by atoms with Gasteiger partial charge in [0, 0.05) is 11.8 Å². The lowest BCUT2D eigenvalue weighted by Gasteiger charge is -2.47. The summed E-state index contributed by atoms with van der Waals surface area (Å²) in [6.45, 7) is 5.48. The molecule has 3 saturated heterocycles. The number of carboxylic acids is 1. The molecular weight excluding hydrogens is 662 g/mol. The number of esters is 1. The van der Waals surface area contributed by atoms with E-state index in [1.54, 1.807) is 45.0 Å².